The van der Waals surface area contributed by atoms with E-state index in [2.05, 4.69) is 35.1 Å². The Labute approximate surface area is 210 Å². The molecule has 1 aliphatic carbocycles. The van der Waals surface area contributed by atoms with Crippen molar-refractivity contribution >= 4 is 39.3 Å². The number of carbonyl (C=O) groups excluding carboxylic acids is 2. The van der Waals surface area contributed by atoms with E-state index in [0.29, 0.717) is 23.2 Å². The second kappa shape index (κ2) is 11.9. The molecule has 3 rings (SSSR count). The van der Waals surface area contributed by atoms with Crippen LogP contribution in [0.1, 0.15) is 63.5 Å². The van der Waals surface area contributed by atoms with Crippen molar-refractivity contribution in [1.82, 2.24) is 10.2 Å². The summed E-state index contributed by atoms with van der Waals surface area (Å²) in [5.74, 6) is 0.610. The van der Waals surface area contributed by atoms with Crippen LogP contribution in [0, 0.1) is 0 Å². The van der Waals surface area contributed by atoms with Crippen LogP contribution in [-0.2, 0) is 16.1 Å². The first-order valence-corrected chi connectivity index (χ1v) is 12.7. The lowest BCUT2D eigenvalue weighted by atomic mass is 10.0. The zero-order chi connectivity index (χ0) is 24.0. The molecule has 0 unspecified atom stereocenters. The Morgan fingerprint density at radius 2 is 1.79 bits per heavy atom. The summed E-state index contributed by atoms with van der Waals surface area (Å²) in [6.45, 7) is 6.16. The Balaban J connectivity index is 1.72. The van der Waals surface area contributed by atoms with Crippen molar-refractivity contribution < 1.29 is 14.3 Å². The van der Waals surface area contributed by atoms with Gasteiger partial charge in [0.25, 0.3) is 5.91 Å². The molecule has 7 heteroatoms. The number of carbonyl (C=O) groups is 2. The Hall–Kier alpha value is -2.05. The predicted octanol–water partition coefficient (Wildman–Crippen LogP) is 6.08. The summed E-state index contributed by atoms with van der Waals surface area (Å²) in [6.07, 6.45) is 4.25. The van der Waals surface area contributed by atoms with E-state index in [9.17, 15) is 9.59 Å². The fourth-order valence-electron chi connectivity index (χ4n) is 3.98. The fraction of sp³-hybridized carbons (Fsp3) is 0.462. The maximum atomic E-state index is 13.2. The van der Waals surface area contributed by atoms with Crippen LogP contribution in [-0.4, -0.2) is 35.4 Å². The second-order valence-corrected chi connectivity index (χ2v) is 10.2. The Morgan fingerprint density at radius 3 is 2.39 bits per heavy atom. The summed E-state index contributed by atoms with van der Waals surface area (Å²) in [5.41, 5.74) is 2.08. The number of nitrogens with zero attached hydrogens (tertiary/aromatic N) is 1. The second-order valence-electron chi connectivity index (χ2n) is 8.95. The van der Waals surface area contributed by atoms with Crippen molar-refractivity contribution in [1.29, 1.82) is 0 Å². The van der Waals surface area contributed by atoms with Crippen LogP contribution >= 0.6 is 27.5 Å². The first kappa shape index (κ1) is 25.6. The highest BCUT2D eigenvalue weighted by molar-refractivity contribution is 9.10. The van der Waals surface area contributed by atoms with Crippen LogP contribution in [0.15, 0.2) is 46.9 Å². The highest BCUT2D eigenvalue weighted by Crippen LogP contribution is 2.29. The molecule has 0 bridgehead atoms. The lowest BCUT2D eigenvalue weighted by Crippen LogP contribution is -2.50. The molecular formula is C26H32BrClN2O3. The van der Waals surface area contributed by atoms with Gasteiger partial charge in [-0.15, -0.1) is 0 Å². The van der Waals surface area contributed by atoms with Gasteiger partial charge in [0.1, 0.15) is 11.8 Å². The van der Waals surface area contributed by atoms with Crippen LogP contribution in [0.4, 0.5) is 0 Å². The SMILES string of the molecule is CC(C)c1ccc(OCC(=O)N(Cc2ccc(Cl)cc2)[C@H](C)C(=O)NC2CCCC2)c(Br)c1. The number of benzene rings is 2. The van der Waals surface area contributed by atoms with Gasteiger partial charge in [-0.25, -0.2) is 0 Å². The third kappa shape index (κ3) is 7.21. The summed E-state index contributed by atoms with van der Waals surface area (Å²) >= 11 is 9.55. The summed E-state index contributed by atoms with van der Waals surface area (Å²) < 4.78 is 6.65. The summed E-state index contributed by atoms with van der Waals surface area (Å²) in [4.78, 5) is 27.8. The van der Waals surface area contributed by atoms with E-state index in [1.54, 1.807) is 24.0 Å². The molecule has 2 aromatic rings. The molecule has 1 aliphatic rings. The number of hydrogen-bond donors (Lipinski definition) is 1. The molecule has 1 fully saturated rings. The Bertz CT molecular complexity index is 959. The fourth-order valence-corrected chi connectivity index (χ4v) is 4.61. The average Bonchev–Trinajstić information content (AvgIpc) is 3.30. The van der Waals surface area contributed by atoms with E-state index in [4.69, 9.17) is 16.3 Å². The molecule has 1 atom stereocenters. The predicted molar refractivity (Wildman–Crippen MR) is 136 cm³/mol. The average molecular weight is 536 g/mol. The number of hydrogen-bond acceptors (Lipinski definition) is 3. The Morgan fingerprint density at radius 1 is 1.12 bits per heavy atom. The van der Waals surface area contributed by atoms with Gasteiger partial charge in [0.05, 0.1) is 4.47 Å². The first-order valence-electron chi connectivity index (χ1n) is 11.5. The molecule has 0 heterocycles. The van der Waals surface area contributed by atoms with Gasteiger partial charge in [0.15, 0.2) is 6.61 Å². The van der Waals surface area contributed by atoms with Gasteiger partial charge in [0, 0.05) is 17.6 Å². The topological polar surface area (TPSA) is 58.6 Å². The quantitative estimate of drug-likeness (QED) is 0.423. The minimum atomic E-state index is -0.621. The van der Waals surface area contributed by atoms with Crippen molar-refractivity contribution in [3.63, 3.8) is 0 Å². The standard InChI is InChI=1S/C26H32BrClN2O3/c1-17(2)20-10-13-24(23(27)14-20)33-16-25(31)30(15-19-8-11-21(28)12-9-19)18(3)26(32)29-22-6-4-5-7-22/h8-14,17-18,22H,4-7,15-16H2,1-3H3,(H,29,32)/t18-/m1/s1. The molecule has 0 aliphatic heterocycles. The van der Waals surface area contributed by atoms with Crippen molar-refractivity contribution in [2.75, 3.05) is 6.61 Å². The van der Waals surface area contributed by atoms with E-state index in [0.717, 1.165) is 35.7 Å². The number of amides is 2. The minimum absolute atomic E-state index is 0.133. The minimum Gasteiger partial charge on any atom is -0.483 e. The highest BCUT2D eigenvalue weighted by Gasteiger charge is 2.29. The summed E-state index contributed by atoms with van der Waals surface area (Å²) in [6, 6.07) is 12.7. The van der Waals surface area contributed by atoms with Crippen molar-refractivity contribution in [2.24, 2.45) is 0 Å². The zero-order valence-electron chi connectivity index (χ0n) is 19.4. The molecule has 2 aromatic carbocycles. The number of halogens is 2. The molecule has 5 nitrogen and oxygen atoms in total. The third-order valence-electron chi connectivity index (χ3n) is 6.11. The van der Waals surface area contributed by atoms with Crippen LogP contribution in [0.5, 0.6) is 5.75 Å². The lowest BCUT2D eigenvalue weighted by molar-refractivity contribution is -0.142. The first-order chi connectivity index (χ1) is 15.7. The Kier molecular flexibility index (Phi) is 9.21. The van der Waals surface area contributed by atoms with Crippen LogP contribution in [0.25, 0.3) is 0 Å². The van der Waals surface area contributed by atoms with Gasteiger partial charge in [-0.2, -0.15) is 0 Å². The van der Waals surface area contributed by atoms with Gasteiger partial charge in [-0.3, -0.25) is 9.59 Å². The summed E-state index contributed by atoms with van der Waals surface area (Å²) in [5, 5.41) is 3.73. The maximum absolute atomic E-state index is 13.2. The number of rotatable bonds is 9. The molecule has 178 valence electrons. The highest BCUT2D eigenvalue weighted by atomic mass is 79.9. The van der Waals surface area contributed by atoms with E-state index >= 15 is 0 Å². The lowest BCUT2D eigenvalue weighted by Gasteiger charge is -2.29. The van der Waals surface area contributed by atoms with E-state index < -0.39 is 6.04 Å². The van der Waals surface area contributed by atoms with Crippen LogP contribution in [0.2, 0.25) is 5.02 Å². The van der Waals surface area contributed by atoms with Crippen molar-refractivity contribution in [2.45, 2.75) is 71.0 Å². The van der Waals surface area contributed by atoms with Gasteiger partial charge >= 0.3 is 0 Å². The molecular weight excluding hydrogens is 504 g/mol. The molecule has 2 amide bonds. The van der Waals surface area contributed by atoms with Gasteiger partial charge in [0.2, 0.25) is 5.91 Å². The maximum Gasteiger partial charge on any atom is 0.261 e. The van der Waals surface area contributed by atoms with Gasteiger partial charge < -0.3 is 15.0 Å². The van der Waals surface area contributed by atoms with Crippen LogP contribution < -0.4 is 10.1 Å². The zero-order valence-corrected chi connectivity index (χ0v) is 21.8. The van der Waals surface area contributed by atoms with Crippen molar-refractivity contribution in [3.8, 4) is 5.75 Å². The van der Waals surface area contributed by atoms with Crippen LogP contribution in [0.3, 0.4) is 0 Å². The smallest absolute Gasteiger partial charge is 0.261 e. The normalized spacial score (nSPS) is 14.8. The largest absolute Gasteiger partial charge is 0.483 e. The molecule has 0 spiro atoms. The van der Waals surface area contributed by atoms with Crippen molar-refractivity contribution in [3.05, 3.63) is 63.1 Å². The third-order valence-corrected chi connectivity index (χ3v) is 6.98. The molecule has 1 saturated carbocycles. The monoisotopic (exact) mass is 534 g/mol. The van der Waals surface area contributed by atoms with E-state index in [-0.39, 0.29) is 24.5 Å². The van der Waals surface area contributed by atoms with Gasteiger partial charge in [-0.1, -0.05) is 56.5 Å². The molecule has 0 aromatic heterocycles. The van der Waals surface area contributed by atoms with E-state index in [1.807, 2.05) is 30.3 Å². The molecule has 0 saturated heterocycles. The van der Waals surface area contributed by atoms with Gasteiger partial charge in [-0.05, 0) is 77.0 Å². The molecule has 1 N–H and O–H groups in total. The summed E-state index contributed by atoms with van der Waals surface area (Å²) in [7, 11) is 0. The molecule has 0 radical (unpaired) electrons. The number of ether oxygens (including phenoxy) is 1. The number of nitrogens with one attached hydrogen (secondary N) is 1. The molecule has 33 heavy (non-hydrogen) atoms. The van der Waals surface area contributed by atoms with E-state index in [1.165, 1.54) is 5.56 Å².